The summed E-state index contributed by atoms with van der Waals surface area (Å²) in [5, 5.41) is 9.71. The van der Waals surface area contributed by atoms with E-state index in [4.69, 9.17) is 9.15 Å². The van der Waals surface area contributed by atoms with Crippen LogP contribution >= 0.6 is 11.3 Å². The molecule has 4 heterocycles. The van der Waals surface area contributed by atoms with Crippen LogP contribution < -0.4 is 0 Å². The molecule has 30 heavy (non-hydrogen) atoms. The highest BCUT2D eigenvalue weighted by atomic mass is 32.1. The molecule has 0 N–H and O–H groups in total. The second-order valence-electron chi connectivity index (χ2n) is 6.08. The number of pyridine rings is 1. The fourth-order valence-electron chi connectivity index (χ4n) is 2.41. The van der Waals surface area contributed by atoms with Crippen molar-refractivity contribution in [3.8, 4) is 16.6 Å². The van der Waals surface area contributed by atoms with E-state index in [-0.39, 0.29) is 18.1 Å². The van der Waals surface area contributed by atoms with Crippen LogP contribution in [0, 0.1) is 6.92 Å². The lowest BCUT2D eigenvalue weighted by Crippen LogP contribution is -2.07. The summed E-state index contributed by atoms with van der Waals surface area (Å²) < 4.78 is 49.6. The lowest BCUT2D eigenvalue weighted by Gasteiger charge is -2.06. The molecule has 154 valence electrons. The van der Waals surface area contributed by atoms with Gasteiger partial charge in [-0.15, -0.1) is 16.4 Å². The zero-order valence-electron chi connectivity index (χ0n) is 15.3. The van der Waals surface area contributed by atoms with Gasteiger partial charge in [-0.25, -0.2) is 19.4 Å². The highest BCUT2D eigenvalue weighted by molar-refractivity contribution is 7.13. The lowest BCUT2D eigenvalue weighted by atomic mass is 10.3. The van der Waals surface area contributed by atoms with Crippen LogP contribution in [-0.2, 0) is 17.5 Å². The van der Waals surface area contributed by atoms with Gasteiger partial charge in [-0.1, -0.05) is 5.21 Å². The van der Waals surface area contributed by atoms with Crippen LogP contribution in [0.1, 0.15) is 27.5 Å². The molecule has 0 radical (unpaired) electrons. The maximum absolute atomic E-state index is 12.6. The van der Waals surface area contributed by atoms with Gasteiger partial charge in [-0.2, -0.15) is 13.2 Å². The number of hydrogen-bond donors (Lipinski definition) is 0. The van der Waals surface area contributed by atoms with Crippen molar-refractivity contribution in [1.29, 1.82) is 0 Å². The Kier molecular flexibility index (Phi) is 5.08. The maximum atomic E-state index is 12.6. The minimum absolute atomic E-state index is 0.126. The monoisotopic (exact) mass is 435 g/mol. The number of alkyl halides is 3. The molecule has 0 spiro atoms. The molecule has 12 heteroatoms. The first kappa shape index (κ1) is 19.8. The zero-order chi connectivity index (χ0) is 21.3. The summed E-state index contributed by atoms with van der Waals surface area (Å²) in [6.07, 6.45) is -2.36. The number of rotatable bonds is 5. The maximum Gasteiger partial charge on any atom is 0.417 e. The van der Waals surface area contributed by atoms with Crippen LogP contribution in [0.4, 0.5) is 13.2 Å². The van der Waals surface area contributed by atoms with Gasteiger partial charge in [-0.3, -0.25) is 0 Å². The van der Waals surface area contributed by atoms with E-state index in [9.17, 15) is 18.0 Å². The third kappa shape index (κ3) is 4.22. The van der Waals surface area contributed by atoms with Gasteiger partial charge in [0.05, 0.1) is 11.8 Å². The SMILES string of the molecule is Cc1ccc(-c2nc(C(=O)OCc3cn(-c4ccc(C(F)(F)F)cn4)nn3)cs2)o1. The van der Waals surface area contributed by atoms with E-state index >= 15 is 0 Å². The Balaban J connectivity index is 1.38. The Morgan fingerprint density at radius 3 is 2.77 bits per heavy atom. The molecule has 8 nitrogen and oxygen atoms in total. The van der Waals surface area contributed by atoms with E-state index in [0.717, 1.165) is 11.8 Å². The number of furan rings is 1. The van der Waals surface area contributed by atoms with Crippen molar-refractivity contribution in [1.82, 2.24) is 25.0 Å². The number of aromatic nitrogens is 5. The Labute approximate surface area is 171 Å². The highest BCUT2D eigenvalue weighted by Gasteiger charge is 2.30. The highest BCUT2D eigenvalue weighted by Crippen LogP contribution is 2.29. The Hall–Kier alpha value is -3.54. The zero-order valence-corrected chi connectivity index (χ0v) is 16.1. The van der Waals surface area contributed by atoms with Gasteiger partial charge >= 0.3 is 12.1 Å². The number of nitrogens with zero attached hydrogens (tertiary/aromatic N) is 5. The normalized spacial score (nSPS) is 11.6. The quantitative estimate of drug-likeness (QED) is 0.436. The second kappa shape index (κ2) is 7.71. The molecule has 0 saturated heterocycles. The predicted molar refractivity (Wildman–Crippen MR) is 97.8 cm³/mol. The molecule has 0 bridgehead atoms. The standard InChI is InChI=1S/C18H12F3N5O3S/c1-10-2-4-14(29-10)16-23-13(9-30-16)17(27)28-8-12-7-26(25-24-12)15-5-3-11(6-22-15)18(19,20)21/h2-7,9H,8H2,1H3. The number of ether oxygens (including phenoxy) is 1. The summed E-state index contributed by atoms with van der Waals surface area (Å²) >= 11 is 1.24. The third-order valence-corrected chi connectivity index (χ3v) is 4.72. The number of carbonyl (C=O) groups excluding carboxylic acids is 1. The molecule has 0 atom stereocenters. The van der Waals surface area contributed by atoms with Gasteiger partial charge in [0.25, 0.3) is 0 Å². The molecule has 4 aromatic rings. The third-order valence-electron chi connectivity index (χ3n) is 3.87. The molecule has 0 fully saturated rings. The van der Waals surface area contributed by atoms with Crippen LogP contribution in [0.25, 0.3) is 16.6 Å². The van der Waals surface area contributed by atoms with Crippen LogP contribution in [0.15, 0.2) is 46.5 Å². The average molecular weight is 435 g/mol. The molecule has 4 rings (SSSR count). The summed E-state index contributed by atoms with van der Waals surface area (Å²) in [5.41, 5.74) is -0.448. The van der Waals surface area contributed by atoms with Gasteiger partial charge in [0, 0.05) is 11.6 Å². The summed E-state index contributed by atoms with van der Waals surface area (Å²) in [7, 11) is 0. The van der Waals surface area contributed by atoms with Crippen molar-refractivity contribution in [3.05, 3.63) is 64.8 Å². The van der Waals surface area contributed by atoms with E-state index in [1.165, 1.54) is 28.3 Å². The number of halogens is 3. The van der Waals surface area contributed by atoms with Crippen LogP contribution in [-0.4, -0.2) is 30.9 Å². The fraction of sp³-hybridized carbons (Fsp3) is 0.167. The molecule has 0 aliphatic heterocycles. The molecular formula is C18H12F3N5O3S. The first-order valence-electron chi connectivity index (χ1n) is 8.44. The van der Waals surface area contributed by atoms with Crippen molar-refractivity contribution in [2.75, 3.05) is 0 Å². The summed E-state index contributed by atoms with van der Waals surface area (Å²) in [6, 6.07) is 5.62. The average Bonchev–Trinajstić information content (AvgIpc) is 3.46. The summed E-state index contributed by atoms with van der Waals surface area (Å²) in [5.74, 6) is 0.785. The number of esters is 1. The first-order valence-corrected chi connectivity index (χ1v) is 9.32. The molecule has 0 unspecified atom stereocenters. The van der Waals surface area contributed by atoms with Crippen molar-refractivity contribution >= 4 is 17.3 Å². The lowest BCUT2D eigenvalue weighted by molar-refractivity contribution is -0.137. The number of carbonyl (C=O) groups is 1. The van der Waals surface area contributed by atoms with Crippen LogP contribution in [0.5, 0.6) is 0 Å². The first-order chi connectivity index (χ1) is 14.3. The van der Waals surface area contributed by atoms with E-state index in [1.807, 2.05) is 0 Å². The van der Waals surface area contributed by atoms with E-state index in [1.54, 1.807) is 24.4 Å². The van der Waals surface area contributed by atoms with Gasteiger partial charge in [-0.05, 0) is 31.2 Å². The molecule has 0 saturated carbocycles. The van der Waals surface area contributed by atoms with Crippen LogP contribution in [0.2, 0.25) is 0 Å². The fourth-order valence-corrected chi connectivity index (χ4v) is 3.16. The van der Waals surface area contributed by atoms with Gasteiger partial charge in [0.2, 0.25) is 0 Å². The predicted octanol–water partition coefficient (Wildman–Crippen LogP) is 4.06. The minimum atomic E-state index is -4.47. The van der Waals surface area contributed by atoms with Crippen molar-refractivity contribution < 1.29 is 27.1 Å². The van der Waals surface area contributed by atoms with E-state index in [0.29, 0.717) is 22.7 Å². The van der Waals surface area contributed by atoms with Crippen molar-refractivity contribution in [2.24, 2.45) is 0 Å². The second-order valence-corrected chi connectivity index (χ2v) is 6.94. The number of hydrogen-bond acceptors (Lipinski definition) is 8. The topological polar surface area (TPSA) is 95.9 Å². The van der Waals surface area contributed by atoms with E-state index in [2.05, 4.69) is 20.3 Å². The summed E-state index contributed by atoms with van der Waals surface area (Å²) in [4.78, 5) is 20.1. The van der Waals surface area contributed by atoms with Crippen molar-refractivity contribution in [3.63, 3.8) is 0 Å². The Morgan fingerprint density at radius 2 is 2.10 bits per heavy atom. The Morgan fingerprint density at radius 1 is 1.27 bits per heavy atom. The largest absolute Gasteiger partial charge is 0.459 e. The van der Waals surface area contributed by atoms with Gasteiger partial charge in [0.15, 0.2) is 22.3 Å². The molecule has 0 aliphatic rings. The molecule has 0 aromatic carbocycles. The van der Waals surface area contributed by atoms with Crippen LogP contribution in [0.3, 0.4) is 0 Å². The van der Waals surface area contributed by atoms with E-state index < -0.39 is 17.7 Å². The smallest absolute Gasteiger partial charge is 0.417 e. The number of thiazole rings is 1. The molecule has 0 amide bonds. The van der Waals surface area contributed by atoms with Gasteiger partial charge < -0.3 is 9.15 Å². The van der Waals surface area contributed by atoms with Gasteiger partial charge in [0.1, 0.15) is 18.1 Å². The number of aryl methyl sites for hydroxylation is 1. The minimum Gasteiger partial charge on any atom is -0.459 e. The molecule has 0 aliphatic carbocycles. The van der Waals surface area contributed by atoms with Crippen molar-refractivity contribution in [2.45, 2.75) is 19.7 Å². The summed E-state index contributed by atoms with van der Waals surface area (Å²) in [6.45, 7) is 1.62. The Bertz CT molecular complexity index is 1180. The molecular weight excluding hydrogens is 423 g/mol. The molecule has 4 aromatic heterocycles.